The number of morpholine rings is 1. The first-order chi connectivity index (χ1) is 9.25. The molecule has 1 fully saturated rings. The standard InChI is InChI=1S/C14H19Cl2NO2/c15-12-3-4-14(13(16)11-12)19-8-2-1-5-17-6-9-18-10-7-17/h3-4,11H,1-2,5-10H2. The fourth-order valence-electron chi connectivity index (χ4n) is 2.04. The van der Waals surface area contributed by atoms with Gasteiger partial charge in [0.25, 0.3) is 0 Å². The molecule has 19 heavy (non-hydrogen) atoms. The minimum atomic E-state index is 0.570. The minimum absolute atomic E-state index is 0.570. The molecule has 1 aromatic carbocycles. The van der Waals surface area contributed by atoms with Crippen molar-refractivity contribution in [1.82, 2.24) is 4.90 Å². The Morgan fingerprint density at radius 2 is 1.95 bits per heavy atom. The lowest BCUT2D eigenvalue weighted by Crippen LogP contribution is -2.36. The van der Waals surface area contributed by atoms with E-state index >= 15 is 0 Å². The lowest BCUT2D eigenvalue weighted by molar-refractivity contribution is 0.0368. The van der Waals surface area contributed by atoms with E-state index in [1.807, 2.05) is 6.07 Å². The monoisotopic (exact) mass is 303 g/mol. The zero-order valence-corrected chi connectivity index (χ0v) is 12.4. The fraction of sp³-hybridized carbons (Fsp3) is 0.571. The van der Waals surface area contributed by atoms with Crippen molar-refractivity contribution in [1.29, 1.82) is 0 Å². The van der Waals surface area contributed by atoms with E-state index in [-0.39, 0.29) is 0 Å². The Labute approximate surface area is 124 Å². The third-order valence-corrected chi connectivity index (χ3v) is 3.65. The van der Waals surface area contributed by atoms with E-state index < -0.39 is 0 Å². The molecule has 1 aliphatic heterocycles. The second kappa shape index (κ2) is 7.95. The van der Waals surface area contributed by atoms with Crippen LogP contribution in [0.3, 0.4) is 0 Å². The average Bonchev–Trinajstić information content (AvgIpc) is 2.42. The number of unbranched alkanes of at least 4 members (excludes halogenated alkanes) is 1. The quantitative estimate of drug-likeness (QED) is 0.751. The SMILES string of the molecule is Clc1ccc(OCCCCN2CCOCC2)c(Cl)c1. The predicted octanol–water partition coefficient (Wildman–Crippen LogP) is 3.48. The van der Waals surface area contributed by atoms with Crippen LogP contribution in [0.2, 0.25) is 10.0 Å². The van der Waals surface area contributed by atoms with Crippen molar-refractivity contribution in [2.24, 2.45) is 0 Å². The van der Waals surface area contributed by atoms with Crippen LogP contribution in [0.5, 0.6) is 5.75 Å². The van der Waals surface area contributed by atoms with Gasteiger partial charge >= 0.3 is 0 Å². The maximum absolute atomic E-state index is 6.03. The van der Waals surface area contributed by atoms with Gasteiger partial charge in [0.1, 0.15) is 5.75 Å². The van der Waals surface area contributed by atoms with Crippen LogP contribution < -0.4 is 4.74 Å². The highest BCUT2D eigenvalue weighted by molar-refractivity contribution is 6.35. The van der Waals surface area contributed by atoms with Crippen LogP contribution >= 0.6 is 23.2 Å². The molecule has 0 radical (unpaired) electrons. The molecule has 1 heterocycles. The maximum atomic E-state index is 6.03. The first-order valence-corrected chi connectivity index (χ1v) is 7.39. The summed E-state index contributed by atoms with van der Waals surface area (Å²) in [5.74, 6) is 0.706. The van der Waals surface area contributed by atoms with E-state index in [2.05, 4.69) is 4.90 Å². The number of hydrogen-bond donors (Lipinski definition) is 0. The molecule has 3 nitrogen and oxygen atoms in total. The number of nitrogens with zero attached hydrogens (tertiary/aromatic N) is 1. The zero-order valence-electron chi connectivity index (χ0n) is 10.9. The van der Waals surface area contributed by atoms with E-state index in [0.717, 1.165) is 45.7 Å². The predicted molar refractivity (Wildman–Crippen MR) is 78.5 cm³/mol. The average molecular weight is 304 g/mol. The zero-order chi connectivity index (χ0) is 13.5. The Morgan fingerprint density at radius 1 is 1.16 bits per heavy atom. The molecule has 0 aromatic heterocycles. The van der Waals surface area contributed by atoms with Gasteiger partial charge in [-0.3, -0.25) is 4.90 Å². The highest BCUT2D eigenvalue weighted by Crippen LogP contribution is 2.27. The molecule has 1 saturated heterocycles. The van der Waals surface area contributed by atoms with Gasteiger partial charge in [-0.25, -0.2) is 0 Å². The number of hydrogen-bond acceptors (Lipinski definition) is 3. The van der Waals surface area contributed by atoms with E-state index in [9.17, 15) is 0 Å². The lowest BCUT2D eigenvalue weighted by Gasteiger charge is -2.26. The Kier molecular flexibility index (Phi) is 6.24. The van der Waals surface area contributed by atoms with E-state index in [4.69, 9.17) is 32.7 Å². The molecule has 0 saturated carbocycles. The number of benzene rings is 1. The van der Waals surface area contributed by atoms with Crippen LogP contribution in [0, 0.1) is 0 Å². The molecule has 0 amide bonds. The summed E-state index contributed by atoms with van der Waals surface area (Å²) in [5, 5.41) is 1.20. The van der Waals surface area contributed by atoms with E-state index in [1.165, 1.54) is 0 Å². The van der Waals surface area contributed by atoms with Crippen molar-refractivity contribution in [3.63, 3.8) is 0 Å². The molecule has 0 N–H and O–H groups in total. The molecule has 1 aliphatic rings. The summed E-state index contributed by atoms with van der Waals surface area (Å²) in [4.78, 5) is 2.43. The van der Waals surface area contributed by atoms with Crippen LogP contribution in [-0.2, 0) is 4.74 Å². The molecule has 5 heteroatoms. The van der Waals surface area contributed by atoms with Gasteiger partial charge in [0.05, 0.1) is 24.8 Å². The normalized spacial score (nSPS) is 16.5. The summed E-state index contributed by atoms with van der Waals surface area (Å²) in [6.45, 7) is 5.61. The summed E-state index contributed by atoms with van der Waals surface area (Å²) in [6.07, 6.45) is 2.15. The van der Waals surface area contributed by atoms with Gasteiger partial charge in [0, 0.05) is 18.1 Å². The topological polar surface area (TPSA) is 21.7 Å². The first kappa shape index (κ1) is 14.9. The van der Waals surface area contributed by atoms with Crippen LogP contribution in [0.1, 0.15) is 12.8 Å². The van der Waals surface area contributed by atoms with Crippen molar-refractivity contribution in [2.75, 3.05) is 39.5 Å². The Hall–Kier alpha value is -0.480. The highest BCUT2D eigenvalue weighted by Gasteiger charge is 2.09. The highest BCUT2D eigenvalue weighted by atomic mass is 35.5. The Bertz CT molecular complexity index is 395. The minimum Gasteiger partial charge on any atom is -0.492 e. The summed E-state index contributed by atoms with van der Waals surface area (Å²) >= 11 is 11.9. The van der Waals surface area contributed by atoms with E-state index in [1.54, 1.807) is 12.1 Å². The second-order valence-electron chi connectivity index (χ2n) is 4.58. The Balaban J connectivity index is 1.61. The molecular formula is C14H19Cl2NO2. The van der Waals surface area contributed by atoms with Crippen LogP contribution in [0.25, 0.3) is 0 Å². The maximum Gasteiger partial charge on any atom is 0.137 e. The van der Waals surface area contributed by atoms with Gasteiger partial charge in [-0.1, -0.05) is 23.2 Å². The molecule has 0 bridgehead atoms. The van der Waals surface area contributed by atoms with Gasteiger partial charge in [0.2, 0.25) is 0 Å². The van der Waals surface area contributed by atoms with Crippen molar-refractivity contribution in [3.8, 4) is 5.75 Å². The lowest BCUT2D eigenvalue weighted by atomic mass is 10.3. The van der Waals surface area contributed by atoms with Crippen LogP contribution in [-0.4, -0.2) is 44.4 Å². The van der Waals surface area contributed by atoms with Crippen LogP contribution in [0.4, 0.5) is 0 Å². The Morgan fingerprint density at radius 3 is 2.68 bits per heavy atom. The number of halogens is 2. The van der Waals surface area contributed by atoms with Crippen molar-refractivity contribution in [2.45, 2.75) is 12.8 Å². The van der Waals surface area contributed by atoms with Crippen molar-refractivity contribution < 1.29 is 9.47 Å². The molecule has 0 spiro atoms. The van der Waals surface area contributed by atoms with Gasteiger partial charge < -0.3 is 9.47 Å². The van der Waals surface area contributed by atoms with Crippen molar-refractivity contribution >= 4 is 23.2 Å². The fourth-order valence-corrected chi connectivity index (χ4v) is 2.50. The van der Waals surface area contributed by atoms with Crippen molar-refractivity contribution in [3.05, 3.63) is 28.2 Å². The first-order valence-electron chi connectivity index (χ1n) is 6.63. The number of rotatable bonds is 6. The molecule has 2 rings (SSSR count). The third-order valence-electron chi connectivity index (χ3n) is 3.12. The molecule has 0 atom stereocenters. The van der Waals surface area contributed by atoms with E-state index in [0.29, 0.717) is 22.4 Å². The summed E-state index contributed by atoms with van der Waals surface area (Å²) in [5.41, 5.74) is 0. The molecule has 106 valence electrons. The van der Waals surface area contributed by atoms with Crippen LogP contribution in [0.15, 0.2) is 18.2 Å². The van der Waals surface area contributed by atoms with Gasteiger partial charge in [0.15, 0.2) is 0 Å². The molecule has 1 aromatic rings. The number of ether oxygens (including phenoxy) is 2. The van der Waals surface area contributed by atoms with Gasteiger partial charge in [-0.2, -0.15) is 0 Å². The smallest absolute Gasteiger partial charge is 0.137 e. The summed E-state index contributed by atoms with van der Waals surface area (Å²) < 4.78 is 11.0. The third kappa shape index (κ3) is 5.19. The summed E-state index contributed by atoms with van der Waals surface area (Å²) in [7, 11) is 0. The molecular weight excluding hydrogens is 285 g/mol. The van der Waals surface area contributed by atoms with Gasteiger partial charge in [-0.05, 0) is 37.6 Å². The largest absolute Gasteiger partial charge is 0.492 e. The molecule has 0 unspecified atom stereocenters. The van der Waals surface area contributed by atoms with Gasteiger partial charge in [-0.15, -0.1) is 0 Å². The second-order valence-corrected chi connectivity index (χ2v) is 5.43. The molecule has 0 aliphatic carbocycles. The summed E-state index contributed by atoms with van der Waals surface area (Å²) in [6, 6.07) is 5.30.